The van der Waals surface area contributed by atoms with E-state index in [2.05, 4.69) is 10.6 Å². The van der Waals surface area contributed by atoms with E-state index in [0.717, 1.165) is 16.7 Å². The number of nitrogens with zero attached hydrogens (tertiary/aromatic N) is 1. The summed E-state index contributed by atoms with van der Waals surface area (Å²) < 4.78 is 10.5. The van der Waals surface area contributed by atoms with Gasteiger partial charge in [-0.3, -0.25) is 24.1 Å². The Morgan fingerprint density at radius 1 is 1.11 bits per heavy atom. The van der Waals surface area contributed by atoms with Gasteiger partial charge in [-0.05, 0) is 54.6 Å². The van der Waals surface area contributed by atoms with E-state index in [1.165, 1.54) is 21.1 Å². The standard InChI is InChI=1S/C24H24ClN3O6S/c1-14(27-22(30)16-6-4-5-7-17(16)25)21(29)26-10-11-28-23(31)20(35-24(28)32)13-15-8-9-18(33-2)19(12-15)34-3/h4-9,12-14H,10-11H2,1-3H3,(H,26,29)(H,27,30)/b20-13+/t14-/m0/s1. The van der Waals surface area contributed by atoms with Crippen LogP contribution in [-0.2, 0) is 9.59 Å². The van der Waals surface area contributed by atoms with Crippen molar-refractivity contribution in [3.63, 3.8) is 0 Å². The summed E-state index contributed by atoms with van der Waals surface area (Å²) in [4.78, 5) is 51.1. The molecule has 3 rings (SSSR count). The van der Waals surface area contributed by atoms with Crippen LogP contribution in [0.3, 0.4) is 0 Å². The van der Waals surface area contributed by atoms with Crippen LogP contribution in [0.2, 0.25) is 5.02 Å². The second-order valence-corrected chi connectivity index (χ2v) is 8.81. The molecule has 0 aliphatic carbocycles. The molecule has 1 aliphatic heterocycles. The normalized spacial score (nSPS) is 15.2. The minimum Gasteiger partial charge on any atom is -0.493 e. The highest BCUT2D eigenvalue weighted by molar-refractivity contribution is 8.18. The van der Waals surface area contributed by atoms with Crippen LogP contribution in [0.4, 0.5) is 4.79 Å². The Kier molecular flexibility index (Phi) is 8.78. The number of hydrogen-bond donors (Lipinski definition) is 2. The van der Waals surface area contributed by atoms with Gasteiger partial charge in [0.15, 0.2) is 11.5 Å². The number of methoxy groups -OCH3 is 2. The molecule has 9 nitrogen and oxygen atoms in total. The van der Waals surface area contributed by atoms with Gasteiger partial charge in [-0.2, -0.15) is 0 Å². The van der Waals surface area contributed by atoms with E-state index in [1.807, 2.05) is 0 Å². The monoisotopic (exact) mass is 517 g/mol. The average Bonchev–Trinajstić information content (AvgIpc) is 3.11. The van der Waals surface area contributed by atoms with Gasteiger partial charge in [-0.1, -0.05) is 29.8 Å². The third-order valence-corrected chi connectivity index (χ3v) is 6.31. The first-order valence-electron chi connectivity index (χ1n) is 10.6. The highest BCUT2D eigenvalue weighted by Crippen LogP contribution is 2.34. The van der Waals surface area contributed by atoms with E-state index in [4.69, 9.17) is 21.1 Å². The van der Waals surface area contributed by atoms with Gasteiger partial charge in [0.25, 0.3) is 17.1 Å². The molecule has 2 N–H and O–H groups in total. The van der Waals surface area contributed by atoms with Crippen molar-refractivity contribution in [2.24, 2.45) is 0 Å². The molecule has 0 aromatic heterocycles. The van der Waals surface area contributed by atoms with Crippen LogP contribution >= 0.6 is 23.4 Å². The Balaban J connectivity index is 1.54. The lowest BCUT2D eigenvalue weighted by atomic mass is 10.2. The number of benzene rings is 2. The fourth-order valence-electron chi connectivity index (χ4n) is 3.22. The maximum atomic E-state index is 12.7. The summed E-state index contributed by atoms with van der Waals surface area (Å²) in [6.07, 6.45) is 1.59. The molecule has 1 fully saturated rings. The Morgan fingerprint density at radius 3 is 2.51 bits per heavy atom. The maximum Gasteiger partial charge on any atom is 0.293 e. The molecule has 0 radical (unpaired) electrons. The Labute approximate surface area is 211 Å². The van der Waals surface area contributed by atoms with Crippen LogP contribution in [0.1, 0.15) is 22.8 Å². The molecule has 1 heterocycles. The molecule has 0 spiro atoms. The molecule has 2 aromatic rings. The smallest absolute Gasteiger partial charge is 0.293 e. The summed E-state index contributed by atoms with van der Waals surface area (Å²) in [7, 11) is 3.03. The fraction of sp³-hybridized carbons (Fsp3) is 0.250. The van der Waals surface area contributed by atoms with Crippen molar-refractivity contribution in [1.82, 2.24) is 15.5 Å². The molecule has 11 heteroatoms. The summed E-state index contributed by atoms with van der Waals surface area (Å²) in [6.45, 7) is 1.55. The van der Waals surface area contributed by atoms with Gasteiger partial charge in [0, 0.05) is 13.1 Å². The Bertz CT molecular complexity index is 1190. The number of thioether (sulfide) groups is 1. The molecule has 0 bridgehead atoms. The summed E-state index contributed by atoms with van der Waals surface area (Å²) in [6, 6.07) is 10.8. The first kappa shape index (κ1) is 26.1. The van der Waals surface area contributed by atoms with E-state index < -0.39 is 29.0 Å². The summed E-state index contributed by atoms with van der Waals surface area (Å²) in [5.74, 6) is -0.350. The predicted octanol–water partition coefficient (Wildman–Crippen LogP) is 3.33. The van der Waals surface area contributed by atoms with Gasteiger partial charge in [0.1, 0.15) is 6.04 Å². The number of hydrogen-bond acceptors (Lipinski definition) is 7. The predicted molar refractivity (Wildman–Crippen MR) is 134 cm³/mol. The third kappa shape index (κ3) is 6.34. The average molecular weight is 518 g/mol. The summed E-state index contributed by atoms with van der Waals surface area (Å²) in [5.41, 5.74) is 0.928. The molecule has 2 aromatic carbocycles. The zero-order valence-corrected chi connectivity index (χ0v) is 20.9. The van der Waals surface area contributed by atoms with Gasteiger partial charge in [0.05, 0.1) is 29.7 Å². The summed E-state index contributed by atoms with van der Waals surface area (Å²) in [5, 5.41) is 5.03. The zero-order valence-electron chi connectivity index (χ0n) is 19.3. The first-order chi connectivity index (χ1) is 16.7. The van der Waals surface area contributed by atoms with E-state index in [1.54, 1.807) is 48.5 Å². The van der Waals surface area contributed by atoms with E-state index in [-0.39, 0.29) is 28.6 Å². The molecular weight excluding hydrogens is 494 g/mol. The molecular formula is C24H24ClN3O6S. The molecule has 1 aliphatic rings. The first-order valence-corrected chi connectivity index (χ1v) is 11.7. The second kappa shape index (κ2) is 11.8. The lowest BCUT2D eigenvalue weighted by Gasteiger charge is -2.16. The SMILES string of the molecule is COc1ccc(/C=C2/SC(=O)N(CCNC(=O)[C@H](C)NC(=O)c3ccccc3Cl)C2=O)cc1OC. The number of amides is 4. The van der Waals surface area contributed by atoms with Gasteiger partial charge in [-0.25, -0.2) is 0 Å². The van der Waals surface area contributed by atoms with E-state index >= 15 is 0 Å². The number of nitrogens with one attached hydrogen (secondary N) is 2. The van der Waals surface area contributed by atoms with Crippen LogP contribution in [0.25, 0.3) is 6.08 Å². The highest BCUT2D eigenvalue weighted by Gasteiger charge is 2.34. The molecule has 0 saturated carbocycles. The van der Waals surface area contributed by atoms with Gasteiger partial charge < -0.3 is 20.1 Å². The molecule has 1 atom stereocenters. The van der Waals surface area contributed by atoms with Crippen LogP contribution in [-0.4, -0.2) is 61.2 Å². The lowest BCUT2D eigenvalue weighted by molar-refractivity contribution is -0.124. The van der Waals surface area contributed by atoms with Crippen molar-refractivity contribution in [1.29, 1.82) is 0 Å². The molecule has 1 saturated heterocycles. The van der Waals surface area contributed by atoms with Crippen molar-refractivity contribution in [2.45, 2.75) is 13.0 Å². The van der Waals surface area contributed by atoms with Crippen LogP contribution in [0, 0.1) is 0 Å². The quantitative estimate of drug-likeness (QED) is 0.490. The van der Waals surface area contributed by atoms with Crippen LogP contribution in [0.15, 0.2) is 47.4 Å². The van der Waals surface area contributed by atoms with Crippen molar-refractivity contribution in [3.8, 4) is 11.5 Å². The maximum absolute atomic E-state index is 12.7. The molecule has 35 heavy (non-hydrogen) atoms. The lowest BCUT2D eigenvalue weighted by Crippen LogP contribution is -2.47. The Hall–Kier alpha value is -3.50. The third-order valence-electron chi connectivity index (χ3n) is 5.07. The van der Waals surface area contributed by atoms with E-state index in [9.17, 15) is 19.2 Å². The van der Waals surface area contributed by atoms with Gasteiger partial charge in [-0.15, -0.1) is 0 Å². The number of rotatable bonds is 9. The van der Waals surface area contributed by atoms with Gasteiger partial charge in [0.2, 0.25) is 5.91 Å². The van der Waals surface area contributed by atoms with Crippen LogP contribution in [0.5, 0.6) is 11.5 Å². The second-order valence-electron chi connectivity index (χ2n) is 7.41. The van der Waals surface area contributed by atoms with Crippen molar-refractivity contribution >= 4 is 52.4 Å². The zero-order chi connectivity index (χ0) is 25.5. The number of carbonyl (C=O) groups excluding carboxylic acids is 4. The molecule has 184 valence electrons. The molecule has 0 unspecified atom stereocenters. The summed E-state index contributed by atoms with van der Waals surface area (Å²) >= 11 is 6.83. The minimum atomic E-state index is -0.848. The van der Waals surface area contributed by atoms with Crippen LogP contribution < -0.4 is 20.1 Å². The largest absolute Gasteiger partial charge is 0.493 e. The van der Waals surface area contributed by atoms with Crippen molar-refractivity contribution < 1.29 is 28.7 Å². The Morgan fingerprint density at radius 2 is 1.83 bits per heavy atom. The topological polar surface area (TPSA) is 114 Å². The van der Waals surface area contributed by atoms with E-state index in [0.29, 0.717) is 17.1 Å². The highest BCUT2D eigenvalue weighted by atomic mass is 35.5. The number of halogens is 1. The van der Waals surface area contributed by atoms with Gasteiger partial charge >= 0.3 is 0 Å². The fourth-order valence-corrected chi connectivity index (χ4v) is 4.30. The minimum absolute atomic E-state index is 0.00907. The van der Waals surface area contributed by atoms with Crippen molar-refractivity contribution in [3.05, 3.63) is 63.5 Å². The van der Waals surface area contributed by atoms with Crippen molar-refractivity contribution in [2.75, 3.05) is 27.3 Å². The number of imide groups is 1. The molecule has 4 amide bonds. The number of carbonyl (C=O) groups is 4. The number of ether oxygens (including phenoxy) is 2.